The van der Waals surface area contributed by atoms with Gasteiger partial charge in [-0.1, -0.05) is 12.1 Å². The number of hydrogen-bond acceptors (Lipinski definition) is 5. The Balaban J connectivity index is 1.82. The Hall–Kier alpha value is -2.84. The van der Waals surface area contributed by atoms with E-state index in [1.165, 1.54) is 0 Å². The first-order valence-electron chi connectivity index (χ1n) is 9.56. The number of methoxy groups -OCH3 is 2. The average molecular weight is 472 g/mol. The van der Waals surface area contributed by atoms with Gasteiger partial charge >= 0.3 is 0 Å². The molecule has 1 amide bonds. The first-order valence-corrected chi connectivity index (χ1v) is 10.4. The van der Waals surface area contributed by atoms with Gasteiger partial charge in [0.1, 0.15) is 5.82 Å². The molecular formula is C22H22BrN3O4. The number of para-hydroxylation sites is 2. The standard InChI is InChI=1S/C22H22BrN3O4/c1-28-19-13-14(12-16(23)20(19)29-2)11-15(22(27)26-7-9-30-10-8-26)21-24-17-5-3-4-6-18(17)25-21/h3-6,11-13H,7-10H2,1-2H3,(H,24,25)/b15-11+. The Bertz CT molecular complexity index is 1070. The zero-order chi connectivity index (χ0) is 21.1. The van der Waals surface area contributed by atoms with E-state index >= 15 is 0 Å². The summed E-state index contributed by atoms with van der Waals surface area (Å²) in [7, 11) is 3.16. The Morgan fingerprint density at radius 2 is 1.97 bits per heavy atom. The van der Waals surface area contributed by atoms with Gasteiger partial charge in [0.25, 0.3) is 5.91 Å². The van der Waals surface area contributed by atoms with Crippen molar-refractivity contribution in [3.05, 3.63) is 52.3 Å². The molecule has 1 N–H and O–H groups in total. The second kappa shape index (κ2) is 8.89. The highest BCUT2D eigenvalue weighted by Crippen LogP contribution is 2.37. The fourth-order valence-electron chi connectivity index (χ4n) is 3.44. The van der Waals surface area contributed by atoms with E-state index in [4.69, 9.17) is 14.2 Å². The second-order valence-electron chi connectivity index (χ2n) is 6.80. The summed E-state index contributed by atoms with van der Waals surface area (Å²) < 4.78 is 17.0. The molecule has 4 rings (SSSR count). The van der Waals surface area contributed by atoms with E-state index in [9.17, 15) is 4.79 Å². The van der Waals surface area contributed by atoms with Crippen LogP contribution < -0.4 is 9.47 Å². The highest BCUT2D eigenvalue weighted by atomic mass is 79.9. The fourth-order valence-corrected chi connectivity index (χ4v) is 4.06. The number of ether oxygens (including phenoxy) is 3. The highest BCUT2D eigenvalue weighted by Gasteiger charge is 2.24. The molecule has 1 saturated heterocycles. The largest absolute Gasteiger partial charge is 0.493 e. The van der Waals surface area contributed by atoms with Crippen LogP contribution in [-0.2, 0) is 9.53 Å². The summed E-state index contributed by atoms with van der Waals surface area (Å²) in [4.78, 5) is 23.1. The fraction of sp³-hybridized carbons (Fsp3) is 0.273. The molecule has 1 aliphatic heterocycles. The number of morpholine rings is 1. The molecule has 0 spiro atoms. The molecule has 1 aromatic heterocycles. The lowest BCUT2D eigenvalue weighted by Gasteiger charge is -2.27. The van der Waals surface area contributed by atoms with Gasteiger partial charge in [-0.25, -0.2) is 4.98 Å². The maximum Gasteiger partial charge on any atom is 0.257 e. The van der Waals surface area contributed by atoms with Crippen molar-refractivity contribution < 1.29 is 19.0 Å². The molecule has 0 saturated carbocycles. The molecule has 0 bridgehead atoms. The molecule has 3 aromatic rings. The van der Waals surface area contributed by atoms with Gasteiger partial charge in [0.05, 0.1) is 48.5 Å². The number of carbonyl (C=O) groups is 1. The van der Waals surface area contributed by atoms with E-state index in [1.807, 2.05) is 42.5 Å². The molecule has 0 aliphatic carbocycles. The minimum Gasteiger partial charge on any atom is -0.493 e. The number of carbonyl (C=O) groups excluding carboxylic acids is 1. The van der Waals surface area contributed by atoms with E-state index in [0.29, 0.717) is 49.2 Å². The van der Waals surface area contributed by atoms with Crippen LogP contribution in [0.25, 0.3) is 22.7 Å². The minimum absolute atomic E-state index is 0.0942. The molecule has 1 aliphatic rings. The Morgan fingerprint density at radius 3 is 2.67 bits per heavy atom. The molecule has 8 heteroatoms. The average Bonchev–Trinajstić information content (AvgIpc) is 3.21. The number of aromatic nitrogens is 2. The number of imidazole rings is 1. The number of rotatable bonds is 5. The van der Waals surface area contributed by atoms with E-state index in [1.54, 1.807) is 19.1 Å². The first kappa shape index (κ1) is 20.4. The molecule has 2 heterocycles. The van der Waals surface area contributed by atoms with Crippen LogP contribution in [0.15, 0.2) is 40.9 Å². The minimum atomic E-state index is -0.0942. The number of nitrogens with zero attached hydrogens (tertiary/aromatic N) is 2. The van der Waals surface area contributed by atoms with Gasteiger partial charge in [-0.05, 0) is 51.8 Å². The predicted molar refractivity (Wildman–Crippen MR) is 119 cm³/mol. The van der Waals surface area contributed by atoms with E-state index in [0.717, 1.165) is 21.1 Å². The molecule has 7 nitrogen and oxygen atoms in total. The van der Waals surface area contributed by atoms with Crippen molar-refractivity contribution in [1.29, 1.82) is 0 Å². The number of H-pyrrole nitrogens is 1. The van der Waals surface area contributed by atoms with Crippen molar-refractivity contribution in [1.82, 2.24) is 14.9 Å². The summed E-state index contributed by atoms with van der Waals surface area (Å²) in [5, 5.41) is 0. The quantitative estimate of drug-likeness (QED) is 0.573. The number of benzene rings is 2. The summed E-state index contributed by atoms with van der Waals surface area (Å²) >= 11 is 3.52. The zero-order valence-corrected chi connectivity index (χ0v) is 18.4. The summed E-state index contributed by atoms with van der Waals surface area (Å²) in [6.07, 6.45) is 1.82. The lowest BCUT2D eigenvalue weighted by atomic mass is 10.1. The predicted octanol–water partition coefficient (Wildman–Crippen LogP) is 3.74. The molecular weight excluding hydrogens is 450 g/mol. The Kier molecular flexibility index (Phi) is 6.06. The van der Waals surface area contributed by atoms with Crippen LogP contribution >= 0.6 is 15.9 Å². The second-order valence-corrected chi connectivity index (χ2v) is 7.66. The van der Waals surface area contributed by atoms with Crippen molar-refractivity contribution in [3.63, 3.8) is 0 Å². The summed E-state index contributed by atoms with van der Waals surface area (Å²) in [5.41, 5.74) is 2.95. The first-order chi connectivity index (χ1) is 14.6. The van der Waals surface area contributed by atoms with Crippen LogP contribution in [0.1, 0.15) is 11.4 Å². The van der Waals surface area contributed by atoms with Gasteiger partial charge < -0.3 is 24.1 Å². The summed E-state index contributed by atoms with van der Waals surface area (Å²) in [6.45, 7) is 2.15. The van der Waals surface area contributed by atoms with Crippen LogP contribution in [0.3, 0.4) is 0 Å². The van der Waals surface area contributed by atoms with E-state index < -0.39 is 0 Å². The van der Waals surface area contributed by atoms with Crippen LogP contribution in [0, 0.1) is 0 Å². The van der Waals surface area contributed by atoms with E-state index in [-0.39, 0.29) is 5.91 Å². The molecule has 0 atom stereocenters. The van der Waals surface area contributed by atoms with Gasteiger partial charge in [-0.15, -0.1) is 0 Å². The van der Waals surface area contributed by atoms with Crippen molar-refractivity contribution in [2.45, 2.75) is 0 Å². The SMILES string of the molecule is COc1cc(/C=C(/C(=O)N2CCOCC2)c2nc3ccccc3[nH]2)cc(Br)c1OC. The number of hydrogen-bond donors (Lipinski definition) is 1. The third-order valence-electron chi connectivity index (χ3n) is 4.94. The van der Waals surface area contributed by atoms with Crippen LogP contribution in [0.4, 0.5) is 0 Å². The van der Waals surface area contributed by atoms with Gasteiger partial charge in [0, 0.05) is 13.1 Å². The monoisotopic (exact) mass is 471 g/mol. The summed E-state index contributed by atoms with van der Waals surface area (Å²) in [5.74, 6) is 1.60. The zero-order valence-electron chi connectivity index (χ0n) is 16.8. The van der Waals surface area contributed by atoms with Crippen molar-refractivity contribution in [2.75, 3.05) is 40.5 Å². The van der Waals surface area contributed by atoms with Crippen molar-refractivity contribution >= 4 is 44.5 Å². The molecule has 30 heavy (non-hydrogen) atoms. The Morgan fingerprint density at radius 1 is 1.20 bits per heavy atom. The Labute approximate surface area is 182 Å². The van der Waals surface area contributed by atoms with Gasteiger partial charge in [0.15, 0.2) is 11.5 Å². The molecule has 0 unspecified atom stereocenters. The van der Waals surface area contributed by atoms with E-state index in [2.05, 4.69) is 25.9 Å². The van der Waals surface area contributed by atoms with Crippen molar-refractivity contribution in [2.24, 2.45) is 0 Å². The highest BCUT2D eigenvalue weighted by molar-refractivity contribution is 9.10. The maximum atomic E-state index is 13.4. The van der Waals surface area contributed by atoms with Gasteiger partial charge in [-0.2, -0.15) is 0 Å². The lowest BCUT2D eigenvalue weighted by molar-refractivity contribution is -0.128. The topological polar surface area (TPSA) is 76.7 Å². The lowest BCUT2D eigenvalue weighted by Crippen LogP contribution is -2.41. The normalized spacial score (nSPS) is 14.8. The third-order valence-corrected chi connectivity index (χ3v) is 5.53. The molecule has 1 fully saturated rings. The van der Waals surface area contributed by atoms with Crippen LogP contribution in [0.2, 0.25) is 0 Å². The maximum absolute atomic E-state index is 13.4. The van der Waals surface area contributed by atoms with Crippen molar-refractivity contribution in [3.8, 4) is 11.5 Å². The third kappa shape index (κ3) is 4.06. The molecule has 2 aromatic carbocycles. The molecule has 0 radical (unpaired) electrons. The smallest absolute Gasteiger partial charge is 0.257 e. The van der Waals surface area contributed by atoms with Crippen LogP contribution in [-0.4, -0.2) is 61.3 Å². The number of aromatic amines is 1. The number of amides is 1. The van der Waals surface area contributed by atoms with Crippen LogP contribution in [0.5, 0.6) is 11.5 Å². The molecule has 156 valence electrons. The summed E-state index contributed by atoms with van der Waals surface area (Å²) in [6, 6.07) is 11.4. The number of halogens is 1. The number of nitrogens with one attached hydrogen (secondary N) is 1. The van der Waals surface area contributed by atoms with Gasteiger partial charge in [0.2, 0.25) is 0 Å². The van der Waals surface area contributed by atoms with Gasteiger partial charge in [-0.3, -0.25) is 4.79 Å². The number of fused-ring (bicyclic) bond motifs is 1.